The van der Waals surface area contributed by atoms with Crippen LogP contribution in [0.3, 0.4) is 0 Å². The minimum absolute atomic E-state index is 0.0306. The van der Waals surface area contributed by atoms with E-state index in [2.05, 4.69) is 4.98 Å². The van der Waals surface area contributed by atoms with Crippen LogP contribution in [0.5, 0.6) is 11.5 Å². The molecule has 0 radical (unpaired) electrons. The molecule has 1 heterocycles. The van der Waals surface area contributed by atoms with Gasteiger partial charge in [-0.1, -0.05) is 18.2 Å². The third-order valence-electron chi connectivity index (χ3n) is 2.99. The lowest BCUT2D eigenvalue weighted by molar-refractivity contribution is -0.132. The van der Waals surface area contributed by atoms with E-state index >= 15 is 0 Å². The van der Waals surface area contributed by atoms with E-state index in [0.717, 1.165) is 5.56 Å². The highest BCUT2D eigenvalue weighted by molar-refractivity contribution is 5.77. The van der Waals surface area contributed by atoms with E-state index in [0.29, 0.717) is 18.0 Å². The van der Waals surface area contributed by atoms with Crippen molar-refractivity contribution in [1.29, 1.82) is 0 Å². The molecule has 5 heteroatoms. The second-order valence-electron chi connectivity index (χ2n) is 4.55. The number of aromatic nitrogens is 1. The average molecular weight is 286 g/mol. The summed E-state index contributed by atoms with van der Waals surface area (Å²) in [7, 11) is 3.31. The third-order valence-corrected chi connectivity index (χ3v) is 2.99. The molecule has 2 aromatic rings. The molecule has 0 saturated carbocycles. The number of carbonyl (C=O) groups is 1. The van der Waals surface area contributed by atoms with E-state index in [-0.39, 0.29) is 12.5 Å². The second-order valence-corrected chi connectivity index (χ2v) is 4.55. The maximum absolute atomic E-state index is 12.1. The summed E-state index contributed by atoms with van der Waals surface area (Å²) in [6.45, 7) is 0.471. The van der Waals surface area contributed by atoms with Gasteiger partial charge in [-0.15, -0.1) is 0 Å². The van der Waals surface area contributed by atoms with Gasteiger partial charge in [0.05, 0.1) is 7.11 Å². The Balaban J connectivity index is 1.89. The lowest BCUT2D eigenvalue weighted by Gasteiger charge is -2.18. The van der Waals surface area contributed by atoms with Crippen LogP contribution >= 0.6 is 0 Å². The zero-order chi connectivity index (χ0) is 15.1. The fraction of sp³-hybridized carbons (Fsp3) is 0.250. The van der Waals surface area contributed by atoms with Crippen LogP contribution in [0.2, 0.25) is 0 Å². The Kier molecular flexibility index (Phi) is 5.15. The van der Waals surface area contributed by atoms with Gasteiger partial charge < -0.3 is 14.4 Å². The lowest BCUT2D eigenvalue weighted by Crippen LogP contribution is -2.31. The molecule has 1 aromatic heterocycles. The van der Waals surface area contributed by atoms with E-state index in [1.54, 1.807) is 43.6 Å². The summed E-state index contributed by atoms with van der Waals surface area (Å²) >= 11 is 0. The highest BCUT2D eigenvalue weighted by Crippen LogP contribution is 2.25. The number of rotatable bonds is 6. The molecular formula is C16H18N2O3. The van der Waals surface area contributed by atoms with Crippen molar-refractivity contribution in [2.75, 3.05) is 20.8 Å². The number of nitrogens with zero attached hydrogens (tertiary/aromatic N) is 2. The van der Waals surface area contributed by atoms with Crippen LogP contribution in [-0.2, 0) is 11.3 Å². The van der Waals surface area contributed by atoms with Crippen LogP contribution in [0.1, 0.15) is 5.56 Å². The first-order valence-corrected chi connectivity index (χ1v) is 6.59. The summed E-state index contributed by atoms with van der Waals surface area (Å²) in [4.78, 5) is 17.7. The molecule has 1 aromatic carbocycles. The smallest absolute Gasteiger partial charge is 0.260 e. The largest absolute Gasteiger partial charge is 0.493 e. The average Bonchev–Trinajstić information content (AvgIpc) is 2.53. The number of likely N-dealkylation sites (N-methyl/N-ethyl adjacent to an activating group) is 1. The number of ether oxygens (including phenoxy) is 2. The Morgan fingerprint density at radius 2 is 1.95 bits per heavy atom. The van der Waals surface area contributed by atoms with Crippen molar-refractivity contribution in [3.05, 3.63) is 54.4 Å². The lowest BCUT2D eigenvalue weighted by atomic mass is 10.3. The number of carbonyl (C=O) groups excluding carboxylic acids is 1. The molecule has 21 heavy (non-hydrogen) atoms. The topological polar surface area (TPSA) is 51.7 Å². The highest BCUT2D eigenvalue weighted by atomic mass is 16.5. The Bertz CT molecular complexity index is 587. The highest BCUT2D eigenvalue weighted by Gasteiger charge is 2.11. The number of amides is 1. The fourth-order valence-corrected chi connectivity index (χ4v) is 1.84. The zero-order valence-corrected chi connectivity index (χ0v) is 12.2. The molecule has 0 bridgehead atoms. The van der Waals surface area contributed by atoms with Crippen molar-refractivity contribution >= 4 is 5.91 Å². The maximum Gasteiger partial charge on any atom is 0.260 e. The predicted octanol–water partition coefficient (Wildman–Crippen LogP) is 2.13. The van der Waals surface area contributed by atoms with Gasteiger partial charge in [-0.05, 0) is 23.8 Å². The van der Waals surface area contributed by atoms with Crippen LogP contribution < -0.4 is 9.47 Å². The Morgan fingerprint density at radius 1 is 1.19 bits per heavy atom. The van der Waals surface area contributed by atoms with E-state index in [9.17, 15) is 4.79 Å². The van der Waals surface area contributed by atoms with Crippen molar-refractivity contribution in [3.8, 4) is 11.5 Å². The van der Waals surface area contributed by atoms with Crippen molar-refractivity contribution in [3.63, 3.8) is 0 Å². The number of para-hydroxylation sites is 2. The first kappa shape index (κ1) is 14.8. The molecule has 0 atom stereocenters. The third kappa shape index (κ3) is 4.21. The van der Waals surface area contributed by atoms with Gasteiger partial charge >= 0.3 is 0 Å². The molecular weight excluding hydrogens is 268 g/mol. The molecule has 0 aliphatic carbocycles. The summed E-state index contributed by atoms with van der Waals surface area (Å²) in [5, 5.41) is 0. The van der Waals surface area contributed by atoms with Gasteiger partial charge in [-0.2, -0.15) is 0 Å². The van der Waals surface area contributed by atoms with Crippen molar-refractivity contribution < 1.29 is 14.3 Å². The monoisotopic (exact) mass is 286 g/mol. The second kappa shape index (κ2) is 7.28. The van der Waals surface area contributed by atoms with Gasteiger partial charge in [-0.25, -0.2) is 0 Å². The predicted molar refractivity (Wildman–Crippen MR) is 79.2 cm³/mol. The first-order chi connectivity index (χ1) is 10.2. The van der Waals surface area contributed by atoms with Crippen molar-refractivity contribution in [2.24, 2.45) is 0 Å². The molecule has 0 aliphatic rings. The van der Waals surface area contributed by atoms with Crippen LogP contribution in [0.4, 0.5) is 0 Å². The number of methoxy groups -OCH3 is 1. The van der Waals surface area contributed by atoms with E-state index < -0.39 is 0 Å². The summed E-state index contributed by atoms with van der Waals surface area (Å²) in [5.41, 5.74) is 0.977. The minimum Gasteiger partial charge on any atom is -0.493 e. The fourth-order valence-electron chi connectivity index (χ4n) is 1.84. The van der Waals surface area contributed by atoms with E-state index in [1.807, 2.05) is 24.3 Å². The van der Waals surface area contributed by atoms with Gasteiger partial charge in [0.25, 0.3) is 5.91 Å². The molecule has 1 amide bonds. The minimum atomic E-state index is -0.107. The number of benzene rings is 1. The summed E-state index contributed by atoms with van der Waals surface area (Å²) in [6, 6.07) is 11.0. The van der Waals surface area contributed by atoms with E-state index in [1.165, 1.54) is 0 Å². The van der Waals surface area contributed by atoms with Gasteiger partial charge in [0.1, 0.15) is 0 Å². The SMILES string of the molecule is COc1ccccc1OCC(=O)N(C)Cc1cccnc1. The van der Waals surface area contributed by atoms with Crippen LogP contribution in [0.25, 0.3) is 0 Å². The normalized spacial score (nSPS) is 10.0. The first-order valence-electron chi connectivity index (χ1n) is 6.59. The zero-order valence-electron chi connectivity index (χ0n) is 12.2. The quantitative estimate of drug-likeness (QED) is 0.816. The summed E-state index contributed by atoms with van der Waals surface area (Å²) in [6.07, 6.45) is 3.45. The Labute approximate surface area is 124 Å². The molecule has 110 valence electrons. The summed E-state index contributed by atoms with van der Waals surface area (Å²) < 4.78 is 10.7. The van der Waals surface area contributed by atoms with Crippen molar-refractivity contribution in [2.45, 2.75) is 6.54 Å². The Hall–Kier alpha value is -2.56. The van der Waals surface area contributed by atoms with Gasteiger partial charge in [0, 0.05) is 26.0 Å². The summed E-state index contributed by atoms with van der Waals surface area (Å²) in [5.74, 6) is 1.06. The number of pyridine rings is 1. The van der Waals surface area contributed by atoms with Gasteiger partial charge in [0.15, 0.2) is 18.1 Å². The Morgan fingerprint density at radius 3 is 2.62 bits per heavy atom. The van der Waals surface area contributed by atoms with E-state index in [4.69, 9.17) is 9.47 Å². The van der Waals surface area contributed by atoms with Crippen LogP contribution in [0.15, 0.2) is 48.8 Å². The van der Waals surface area contributed by atoms with Crippen LogP contribution in [0, 0.1) is 0 Å². The number of hydrogen-bond acceptors (Lipinski definition) is 4. The molecule has 0 fully saturated rings. The molecule has 0 N–H and O–H groups in total. The van der Waals surface area contributed by atoms with Gasteiger partial charge in [0.2, 0.25) is 0 Å². The molecule has 0 saturated heterocycles. The van der Waals surface area contributed by atoms with Crippen LogP contribution in [-0.4, -0.2) is 36.6 Å². The van der Waals surface area contributed by atoms with Gasteiger partial charge in [-0.3, -0.25) is 9.78 Å². The maximum atomic E-state index is 12.1. The molecule has 2 rings (SSSR count). The van der Waals surface area contributed by atoms with Crippen molar-refractivity contribution in [1.82, 2.24) is 9.88 Å². The molecule has 5 nitrogen and oxygen atoms in total. The molecule has 0 aliphatic heterocycles. The number of hydrogen-bond donors (Lipinski definition) is 0. The standard InChI is InChI=1S/C16H18N2O3/c1-18(11-13-6-5-9-17-10-13)16(19)12-21-15-8-4-3-7-14(15)20-2/h3-10H,11-12H2,1-2H3. The molecule has 0 spiro atoms. The molecule has 0 unspecified atom stereocenters.